The summed E-state index contributed by atoms with van der Waals surface area (Å²) >= 11 is 0. The third-order valence-electron chi connectivity index (χ3n) is 5.54. The van der Waals surface area contributed by atoms with Gasteiger partial charge in [0.05, 0.1) is 6.54 Å². The molecular formula is C21H36FIN6. The highest BCUT2D eigenvalue weighted by Crippen LogP contribution is 2.21. The molecule has 0 radical (unpaired) electrons. The fourth-order valence-corrected chi connectivity index (χ4v) is 4.47. The second kappa shape index (κ2) is 11.9. The van der Waals surface area contributed by atoms with Gasteiger partial charge in [0.2, 0.25) is 0 Å². The van der Waals surface area contributed by atoms with E-state index in [1.54, 1.807) is 12.3 Å². The number of hydrogen-bond acceptors (Lipinski definition) is 4. The lowest BCUT2D eigenvalue weighted by atomic mass is 9.92. The number of anilines is 1. The predicted molar refractivity (Wildman–Crippen MR) is 129 cm³/mol. The van der Waals surface area contributed by atoms with Gasteiger partial charge in [0.1, 0.15) is 0 Å². The molecule has 2 aliphatic heterocycles. The van der Waals surface area contributed by atoms with Crippen LogP contribution in [0, 0.1) is 17.7 Å². The maximum atomic E-state index is 14.0. The monoisotopic (exact) mass is 518 g/mol. The molecule has 0 spiro atoms. The van der Waals surface area contributed by atoms with E-state index in [2.05, 4.69) is 41.3 Å². The highest BCUT2D eigenvalue weighted by atomic mass is 127. The highest BCUT2D eigenvalue weighted by Gasteiger charge is 2.26. The van der Waals surface area contributed by atoms with Crippen molar-refractivity contribution in [2.24, 2.45) is 16.8 Å². The Labute approximate surface area is 191 Å². The Kier molecular flexibility index (Phi) is 9.88. The van der Waals surface area contributed by atoms with Crippen LogP contribution < -0.4 is 15.5 Å². The first-order valence-corrected chi connectivity index (χ1v) is 10.7. The molecule has 3 unspecified atom stereocenters. The van der Waals surface area contributed by atoms with E-state index in [4.69, 9.17) is 4.99 Å². The van der Waals surface area contributed by atoms with Crippen LogP contribution in [0.25, 0.3) is 0 Å². The van der Waals surface area contributed by atoms with Crippen molar-refractivity contribution in [1.82, 2.24) is 20.5 Å². The van der Waals surface area contributed by atoms with Crippen LogP contribution in [0.1, 0.15) is 33.6 Å². The number of rotatable bonds is 6. The molecule has 0 aliphatic carbocycles. The molecule has 164 valence electrons. The maximum absolute atomic E-state index is 14.0. The van der Waals surface area contributed by atoms with Crippen molar-refractivity contribution in [3.05, 3.63) is 24.1 Å². The van der Waals surface area contributed by atoms with Gasteiger partial charge in [-0.3, -0.25) is 4.99 Å². The Balaban J connectivity index is 0.00000300. The van der Waals surface area contributed by atoms with Crippen molar-refractivity contribution in [1.29, 1.82) is 0 Å². The molecule has 2 N–H and O–H groups in total. The summed E-state index contributed by atoms with van der Waals surface area (Å²) < 4.78 is 14.0. The molecule has 1 aromatic rings. The third kappa shape index (κ3) is 7.24. The van der Waals surface area contributed by atoms with Crippen LogP contribution in [0.5, 0.6) is 0 Å². The molecule has 29 heavy (non-hydrogen) atoms. The van der Waals surface area contributed by atoms with E-state index in [1.165, 1.54) is 25.6 Å². The van der Waals surface area contributed by atoms with Crippen LogP contribution >= 0.6 is 24.0 Å². The zero-order valence-electron chi connectivity index (χ0n) is 17.9. The van der Waals surface area contributed by atoms with Gasteiger partial charge in [-0.1, -0.05) is 13.8 Å². The Hall–Kier alpha value is -1.16. The number of pyridine rings is 1. The third-order valence-corrected chi connectivity index (χ3v) is 5.54. The summed E-state index contributed by atoms with van der Waals surface area (Å²) in [6.45, 7) is 13.3. The van der Waals surface area contributed by atoms with Crippen molar-refractivity contribution < 1.29 is 4.39 Å². The normalized spacial score (nSPS) is 25.6. The Morgan fingerprint density at radius 2 is 2.03 bits per heavy atom. The zero-order valence-corrected chi connectivity index (χ0v) is 20.2. The van der Waals surface area contributed by atoms with E-state index in [0.29, 0.717) is 5.82 Å². The average Bonchev–Trinajstić information content (AvgIpc) is 3.09. The quantitative estimate of drug-likeness (QED) is 0.345. The van der Waals surface area contributed by atoms with E-state index in [1.807, 2.05) is 4.90 Å². The van der Waals surface area contributed by atoms with Gasteiger partial charge in [0.15, 0.2) is 17.6 Å². The maximum Gasteiger partial charge on any atom is 0.191 e. The fourth-order valence-electron chi connectivity index (χ4n) is 4.47. The summed E-state index contributed by atoms with van der Waals surface area (Å²) in [4.78, 5) is 13.5. The first-order chi connectivity index (χ1) is 13.5. The highest BCUT2D eigenvalue weighted by molar-refractivity contribution is 14.0. The molecule has 2 saturated heterocycles. The van der Waals surface area contributed by atoms with Gasteiger partial charge >= 0.3 is 0 Å². The molecule has 8 heteroatoms. The molecular weight excluding hydrogens is 482 g/mol. The van der Waals surface area contributed by atoms with E-state index >= 15 is 0 Å². The molecule has 0 aromatic carbocycles. The van der Waals surface area contributed by atoms with Gasteiger partial charge < -0.3 is 20.4 Å². The number of hydrogen-bond donors (Lipinski definition) is 2. The molecule has 0 bridgehead atoms. The van der Waals surface area contributed by atoms with Gasteiger partial charge in [-0.15, -0.1) is 24.0 Å². The van der Waals surface area contributed by atoms with Crippen molar-refractivity contribution in [3.8, 4) is 0 Å². The molecule has 0 saturated carbocycles. The number of halogens is 2. The largest absolute Gasteiger partial charge is 0.357 e. The molecule has 3 atom stereocenters. The number of likely N-dealkylation sites (tertiary alicyclic amines) is 1. The summed E-state index contributed by atoms with van der Waals surface area (Å²) in [5.74, 6) is 2.59. The van der Waals surface area contributed by atoms with Gasteiger partial charge in [0, 0.05) is 51.5 Å². The lowest BCUT2D eigenvalue weighted by Gasteiger charge is -2.34. The number of piperidine rings is 1. The number of aromatic nitrogens is 1. The lowest BCUT2D eigenvalue weighted by Crippen LogP contribution is -2.45. The van der Waals surface area contributed by atoms with E-state index in [9.17, 15) is 4.39 Å². The Morgan fingerprint density at radius 3 is 2.72 bits per heavy atom. The van der Waals surface area contributed by atoms with Crippen LogP contribution in [0.3, 0.4) is 0 Å². The first-order valence-electron chi connectivity index (χ1n) is 10.7. The summed E-state index contributed by atoms with van der Waals surface area (Å²) in [6, 6.07) is 3.34. The number of nitrogens with one attached hydrogen (secondary N) is 2. The second-order valence-corrected chi connectivity index (χ2v) is 8.35. The topological polar surface area (TPSA) is 55.8 Å². The number of nitrogens with zero attached hydrogens (tertiary/aromatic N) is 4. The standard InChI is InChI=1S/C21H35FN6.HI/c1-4-23-21(25-9-11-27-13-16(2)12-17(3)14-27)26-18-7-10-28(15-18)20-19(22)6-5-8-24-20;/h5-6,8,16-18H,4,7,9-15H2,1-3H3,(H2,23,25,26);1H. The summed E-state index contributed by atoms with van der Waals surface area (Å²) in [6.07, 6.45) is 3.92. The Bertz CT molecular complexity index is 648. The van der Waals surface area contributed by atoms with Gasteiger partial charge in [-0.05, 0) is 43.7 Å². The van der Waals surface area contributed by atoms with Gasteiger partial charge in [-0.2, -0.15) is 0 Å². The smallest absolute Gasteiger partial charge is 0.191 e. The van der Waals surface area contributed by atoms with Crippen LogP contribution in [0.2, 0.25) is 0 Å². The van der Waals surface area contributed by atoms with Crippen LogP contribution in [0.15, 0.2) is 23.3 Å². The number of aliphatic imine (C=N–C) groups is 1. The minimum absolute atomic E-state index is 0. The minimum atomic E-state index is -0.256. The molecule has 2 aliphatic rings. The van der Waals surface area contributed by atoms with E-state index in [0.717, 1.165) is 56.9 Å². The average molecular weight is 518 g/mol. The molecule has 0 amide bonds. The Morgan fingerprint density at radius 1 is 1.28 bits per heavy atom. The van der Waals surface area contributed by atoms with Crippen molar-refractivity contribution in [2.75, 3.05) is 50.7 Å². The molecule has 3 heterocycles. The summed E-state index contributed by atoms with van der Waals surface area (Å²) in [5, 5.41) is 6.86. The lowest BCUT2D eigenvalue weighted by molar-refractivity contribution is 0.145. The molecule has 1 aromatic heterocycles. The van der Waals surface area contributed by atoms with Crippen LogP contribution in [0.4, 0.5) is 10.2 Å². The van der Waals surface area contributed by atoms with Crippen molar-refractivity contribution >= 4 is 35.8 Å². The SMILES string of the molecule is CCNC(=NCCN1CC(C)CC(C)C1)NC1CCN(c2ncccc2F)C1.I. The van der Waals surface area contributed by atoms with Crippen molar-refractivity contribution in [2.45, 2.75) is 39.7 Å². The molecule has 3 rings (SSSR count). The molecule has 2 fully saturated rings. The number of guanidine groups is 1. The predicted octanol–water partition coefficient (Wildman–Crippen LogP) is 2.95. The summed E-state index contributed by atoms with van der Waals surface area (Å²) in [7, 11) is 0. The fraction of sp³-hybridized carbons (Fsp3) is 0.714. The zero-order chi connectivity index (χ0) is 19.9. The van der Waals surface area contributed by atoms with Crippen LogP contribution in [-0.4, -0.2) is 67.7 Å². The van der Waals surface area contributed by atoms with Crippen molar-refractivity contribution in [3.63, 3.8) is 0 Å². The second-order valence-electron chi connectivity index (χ2n) is 8.35. The van der Waals surface area contributed by atoms with Crippen LogP contribution in [-0.2, 0) is 0 Å². The minimum Gasteiger partial charge on any atom is -0.357 e. The van der Waals surface area contributed by atoms with Gasteiger partial charge in [0.25, 0.3) is 0 Å². The van der Waals surface area contributed by atoms with Gasteiger partial charge in [-0.25, -0.2) is 9.37 Å². The molecule has 6 nitrogen and oxygen atoms in total. The first kappa shape index (κ1) is 24.1. The summed E-state index contributed by atoms with van der Waals surface area (Å²) in [5.41, 5.74) is 0. The van der Waals surface area contributed by atoms with E-state index in [-0.39, 0.29) is 35.8 Å². The van der Waals surface area contributed by atoms with E-state index < -0.39 is 0 Å².